The van der Waals surface area contributed by atoms with Gasteiger partial charge in [-0.15, -0.1) is 0 Å². The fourth-order valence-electron chi connectivity index (χ4n) is 1.90. The van der Waals surface area contributed by atoms with Crippen LogP contribution in [-0.4, -0.2) is 22.5 Å². The molecule has 1 amide bonds. The molecule has 3 rings (SSSR count). The van der Waals surface area contributed by atoms with Gasteiger partial charge in [0.15, 0.2) is 0 Å². The molecule has 2 heterocycles. The molecule has 0 radical (unpaired) electrons. The van der Waals surface area contributed by atoms with Crippen molar-refractivity contribution in [3.63, 3.8) is 0 Å². The van der Waals surface area contributed by atoms with Gasteiger partial charge in [-0.25, -0.2) is 9.97 Å². The highest BCUT2D eigenvalue weighted by Gasteiger charge is 2.15. The fourth-order valence-corrected chi connectivity index (χ4v) is 2.03. The Morgan fingerprint density at radius 2 is 2.26 bits per heavy atom. The third-order valence-corrected chi connectivity index (χ3v) is 3.01. The maximum Gasteiger partial charge on any atom is 0.258 e. The SMILES string of the molecule is O=C(Nc1nccc(Cl)n1)c1ccc2c(c1)CCO2. The maximum atomic E-state index is 12.1. The van der Waals surface area contributed by atoms with Crippen LogP contribution in [0, 0.1) is 0 Å². The Hall–Kier alpha value is -2.14. The molecule has 1 N–H and O–H groups in total. The van der Waals surface area contributed by atoms with Gasteiger partial charge in [-0.05, 0) is 29.8 Å². The monoisotopic (exact) mass is 275 g/mol. The second-order valence-corrected chi connectivity index (χ2v) is 4.47. The predicted octanol–water partition coefficient (Wildman–Crippen LogP) is 2.32. The smallest absolute Gasteiger partial charge is 0.258 e. The van der Waals surface area contributed by atoms with Gasteiger partial charge in [-0.1, -0.05) is 11.6 Å². The van der Waals surface area contributed by atoms with E-state index in [1.165, 1.54) is 6.20 Å². The van der Waals surface area contributed by atoms with Gasteiger partial charge in [-0.2, -0.15) is 0 Å². The first-order valence-corrected chi connectivity index (χ1v) is 6.16. The van der Waals surface area contributed by atoms with Gasteiger partial charge in [0.1, 0.15) is 10.9 Å². The van der Waals surface area contributed by atoms with Gasteiger partial charge in [0.25, 0.3) is 5.91 Å². The number of aromatic nitrogens is 2. The summed E-state index contributed by atoms with van der Waals surface area (Å²) in [5, 5.41) is 2.89. The molecule has 0 spiro atoms. The number of halogens is 1. The summed E-state index contributed by atoms with van der Waals surface area (Å²) in [5.41, 5.74) is 1.59. The van der Waals surface area contributed by atoms with E-state index in [1.54, 1.807) is 18.2 Å². The molecular formula is C13H10ClN3O2. The third kappa shape index (κ3) is 2.51. The summed E-state index contributed by atoms with van der Waals surface area (Å²) in [7, 11) is 0. The summed E-state index contributed by atoms with van der Waals surface area (Å²) in [5.74, 6) is 0.766. The minimum absolute atomic E-state index is 0.189. The Balaban J connectivity index is 1.81. The number of nitrogens with one attached hydrogen (secondary N) is 1. The van der Waals surface area contributed by atoms with Gasteiger partial charge < -0.3 is 4.74 Å². The summed E-state index contributed by atoms with van der Waals surface area (Å²) in [6.45, 7) is 0.664. The summed E-state index contributed by atoms with van der Waals surface area (Å²) < 4.78 is 5.39. The van der Waals surface area contributed by atoms with E-state index in [0.29, 0.717) is 12.2 Å². The number of hydrogen-bond donors (Lipinski definition) is 1. The maximum absolute atomic E-state index is 12.1. The molecule has 2 aromatic rings. The lowest BCUT2D eigenvalue weighted by atomic mass is 10.1. The highest BCUT2D eigenvalue weighted by Crippen LogP contribution is 2.26. The third-order valence-electron chi connectivity index (χ3n) is 2.80. The number of ether oxygens (including phenoxy) is 1. The van der Waals surface area contributed by atoms with Crippen molar-refractivity contribution >= 4 is 23.5 Å². The lowest BCUT2D eigenvalue weighted by Crippen LogP contribution is -2.14. The second-order valence-electron chi connectivity index (χ2n) is 4.08. The van der Waals surface area contributed by atoms with Crippen LogP contribution in [0.3, 0.4) is 0 Å². The average molecular weight is 276 g/mol. The van der Waals surface area contributed by atoms with Crippen LogP contribution >= 0.6 is 11.6 Å². The number of carbonyl (C=O) groups is 1. The summed E-state index contributed by atoms with van der Waals surface area (Å²) in [4.78, 5) is 19.9. The number of amides is 1. The minimum atomic E-state index is -0.267. The van der Waals surface area contributed by atoms with Crippen LogP contribution in [0.25, 0.3) is 0 Å². The molecule has 1 aliphatic heterocycles. The van der Waals surface area contributed by atoms with E-state index in [1.807, 2.05) is 6.07 Å². The Kier molecular flexibility index (Phi) is 3.05. The summed E-state index contributed by atoms with van der Waals surface area (Å²) >= 11 is 5.73. The number of benzene rings is 1. The zero-order chi connectivity index (χ0) is 13.2. The van der Waals surface area contributed by atoms with Crippen LogP contribution in [-0.2, 0) is 6.42 Å². The van der Waals surface area contributed by atoms with Crippen molar-refractivity contribution in [1.29, 1.82) is 0 Å². The summed E-state index contributed by atoms with van der Waals surface area (Å²) in [6, 6.07) is 6.88. The molecular weight excluding hydrogens is 266 g/mol. The van der Waals surface area contributed by atoms with Crippen LogP contribution < -0.4 is 10.1 Å². The van der Waals surface area contributed by atoms with E-state index in [0.717, 1.165) is 17.7 Å². The first-order chi connectivity index (χ1) is 9.22. The first kappa shape index (κ1) is 11.9. The molecule has 0 bridgehead atoms. The van der Waals surface area contributed by atoms with Crippen molar-refractivity contribution in [2.45, 2.75) is 6.42 Å². The predicted molar refractivity (Wildman–Crippen MR) is 70.6 cm³/mol. The van der Waals surface area contributed by atoms with Gasteiger partial charge in [-0.3, -0.25) is 10.1 Å². The van der Waals surface area contributed by atoms with E-state index in [4.69, 9.17) is 16.3 Å². The number of carbonyl (C=O) groups excluding carboxylic acids is 1. The number of nitrogens with zero attached hydrogens (tertiary/aromatic N) is 2. The van der Waals surface area contributed by atoms with E-state index >= 15 is 0 Å². The van der Waals surface area contributed by atoms with E-state index in [2.05, 4.69) is 15.3 Å². The molecule has 0 saturated carbocycles. The van der Waals surface area contributed by atoms with Gasteiger partial charge in [0, 0.05) is 18.2 Å². The van der Waals surface area contributed by atoms with E-state index < -0.39 is 0 Å². The molecule has 0 aliphatic carbocycles. The highest BCUT2D eigenvalue weighted by atomic mass is 35.5. The Labute approximate surface area is 114 Å². The van der Waals surface area contributed by atoms with Gasteiger partial charge in [0.05, 0.1) is 6.61 Å². The standard InChI is InChI=1S/C13H10ClN3O2/c14-11-3-5-15-13(16-11)17-12(18)9-1-2-10-8(7-9)4-6-19-10/h1-3,5,7H,4,6H2,(H,15,16,17,18). The Morgan fingerprint density at radius 1 is 1.37 bits per heavy atom. The van der Waals surface area contributed by atoms with Crippen LogP contribution in [0.5, 0.6) is 5.75 Å². The molecule has 1 aliphatic rings. The van der Waals surface area contributed by atoms with Gasteiger partial charge in [0.2, 0.25) is 5.95 Å². The lowest BCUT2D eigenvalue weighted by Gasteiger charge is -2.05. The van der Waals surface area contributed by atoms with E-state index in [9.17, 15) is 4.79 Å². The number of fused-ring (bicyclic) bond motifs is 1. The molecule has 0 saturated heterocycles. The van der Waals surface area contributed by atoms with Crippen molar-refractivity contribution in [2.75, 3.05) is 11.9 Å². The Morgan fingerprint density at radius 3 is 3.11 bits per heavy atom. The zero-order valence-corrected chi connectivity index (χ0v) is 10.6. The molecule has 0 unspecified atom stereocenters. The van der Waals surface area contributed by atoms with Crippen molar-refractivity contribution < 1.29 is 9.53 Å². The fraction of sp³-hybridized carbons (Fsp3) is 0.154. The number of rotatable bonds is 2. The van der Waals surface area contributed by atoms with Crippen molar-refractivity contribution in [2.24, 2.45) is 0 Å². The molecule has 1 aromatic carbocycles. The number of hydrogen-bond acceptors (Lipinski definition) is 4. The minimum Gasteiger partial charge on any atom is -0.493 e. The first-order valence-electron chi connectivity index (χ1n) is 5.78. The molecule has 96 valence electrons. The molecule has 0 fully saturated rings. The van der Waals surface area contributed by atoms with Crippen molar-refractivity contribution in [3.8, 4) is 5.75 Å². The normalized spacial score (nSPS) is 12.7. The van der Waals surface area contributed by atoms with Crippen LogP contribution in [0.15, 0.2) is 30.5 Å². The van der Waals surface area contributed by atoms with Crippen LogP contribution in [0.4, 0.5) is 5.95 Å². The highest BCUT2D eigenvalue weighted by molar-refractivity contribution is 6.29. The molecule has 6 heteroatoms. The zero-order valence-electron chi connectivity index (χ0n) is 9.89. The Bertz CT molecular complexity index is 646. The quantitative estimate of drug-likeness (QED) is 0.854. The van der Waals surface area contributed by atoms with Gasteiger partial charge >= 0.3 is 0 Å². The molecule has 1 aromatic heterocycles. The topological polar surface area (TPSA) is 64.1 Å². The largest absolute Gasteiger partial charge is 0.493 e. The number of anilines is 1. The molecule has 19 heavy (non-hydrogen) atoms. The van der Waals surface area contributed by atoms with Crippen LogP contribution in [0.1, 0.15) is 15.9 Å². The molecule has 5 nitrogen and oxygen atoms in total. The molecule has 0 atom stereocenters. The van der Waals surface area contributed by atoms with E-state index in [-0.39, 0.29) is 17.0 Å². The second kappa shape index (κ2) is 4.85. The van der Waals surface area contributed by atoms with Crippen molar-refractivity contribution in [1.82, 2.24) is 9.97 Å². The van der Waals surface area contributed by atoms with Crippen molar-refractivity contribution in [3.05, 3.63) is 46.7 Å². The lowest BCUT2D eigenvalue weighted by molar-refractivity contribution is 0.102. The average Bonchev–Trinajstić information content (AvgIpc) is 2.85. The summed E-state index contributed by atoms with van der Waals surface area (Å²) in [6.07, 6.45) is 2.31. The van der Waals surface area contributed by atoms with Crippen LogP contribution in [0.2, 0.25) is 5.15 Å².